The highest BCUT2D eigenvalue weighted by Gasteiger charge is 2.48. The first-order chi connectivity index (χ1) is 13.5. The Morgan fingerprint density at radius 1 is 1.21 bits per heavy atom. The first-order valence-corrected chi connectivity index (χ1v) is 8.78. The number of hydrogen-bond acceptors (Lipinski definition) is 5. The number of amides is 4. The van der Waals surface area contributed by atoms with Crippen LogP contribution in [-0.4, -0.2) is 42.8 Å². The van der Waals surface area contributed by atoms with Gasteiger partial charge in [-0.3, -0.25) is 19.4 Å². The van der Waals surface area contributed by atoms with Crippen LogP contribution in [0.5, 0.6) is 0 Å². The molecule has 0 bridgehead atoms. The maximum atomic E-state index is 12.8. The van der Waals surface area contributed by atoms with Crippen LogP contribution in [0.4, 0.5) is 4.79 Å². The lowest BCUT2D eigenvalue weighted by molar-refractivity contribution is -0.132. The van der Waals surface area contributed by atoms with Gasteiger partial charge in [0.25, 0.3) is 11.8 Å². The molecule has 142 valence electrons. The highest BCUT2D eigenvalue weighted by atomic mass is 16.2. The summed E-state index contributed by atoms with van der Waals surface area (Å²) in [6.07, 6.45) is 5.75. The zero-order chi connectivity index (χ0) is 19.7. The van der Waals surface area contributed by atoms with Gasteiger partial charge < -0.3 is 5.32 Å². The van der Waals surface area contributed by atoms with Crippen LogP contribution in [0.25, 0.3) is 5.78 Å². The second-order valence-corrected chi connectivity index (χ2v) is 6.78. The molecule has 0 aliphatic carbocycles. The van der Waals surface area contributed by atoms with Gasteiger partial charge in [0.2, 0.25) is 5.78 Å². The van der Waals surface area contributed by atoms with Gasteiger partial charge in [0.1, 0.15) is 5.54 Å². The number of hydrogen-bond donors (Lipinski definition) is 2. The number of benzene rings is 1. The van der Waals surface area contributed by atoms with Crippen molar-refractivity contribution in [2.75, 3.05) is 0 Å². The topological polar surface area (TPSA) is 109 Å². The fourth-order valence-electron chi connectivity index (χ4n) is 3.09. The van der Waals surface area contributed by atoms with E-state index in [2.05, 4.69) is 20.7 Å². The molecule has 1 atom stereocenters. The minimum Gasteiger partial charge on any atom is -0.322 e. The van der Waals surface area contributed by atoms with E-state index in [1.807, 2.05) is 30.3 Å². The molecule has 1 saturated heterocycles. The Bertz CT molecular complexity index is 1030. The Kier molecular flexibility index (Phi) is 4.26. The lowest BCUT2D eigenvalue weighted by atomic mass is 9.93. The van der Waals surface area contributed by atoms with E-state index in [-0.39, 0.29) is 5.69 Å². The van der Waals surface area contributed by atoms with Gasteiger partial charge in [-0.05, 0) is 31.4 Å². The summed E-state index contributed by atoms with van der Waals surface area (Å²) in [5.74, 6) is -0.831. The molecule has 0 radical (unpaired) electrons. The molecule has 3 heterocycles. The average molecular weight is 378 g/mol. The van der Waals surface area contributed by atoms with Gasteiger partial charge in [0.15, 0.2) is 5.69 Å². The van der Waals surface area contributed by atoms with Crippen molar-refractivity contribution in [2.45, 2.75) is 25.3 Å². The Morgan fingerprint density at radius 2 is 2.00 bits per heavy atom. The van der Waals surface area contributed by atoms with Crippen molar-refractivity contribution in [2.24, 2.45) is 0 Å². The number of rotatable bonds is 5. The van der Waals surface area contributed by atoms with Gasteiger partial charge in [0, 0.05) is 18.6 Å². The summed E-state index contributed by atoms with van der Waals surface area (Å²) in [6, 6.07) is 10.7. The Balaban J connectivity index is 1.46. The summed E-state index contributed by atoms with van der Waals surface area (Å²) in [4.78, 5) is 45.7. The number of aromatic nitrogens is 3. The van der Waals surface area contributed by atoms with Crippen molar-refractivity contribution < 1.29 is 14.4 Å². The minimum absolute atomic E-state index is 0.0530. The van der Waals surface area contributed by atoms with E-state index in [9.17, 15) is 14.4 Å². The highest BCUT2D eigenvalue weighted by Crippen LogP contribution is 2.22. The quantitative estimate of drug-likeness (QED) is 0.651. The van der Waals surface area contributed by atoms with Crippen LogP contribution in [0.15, 0.2) is 55.0 Å². The molecule has 9 heteroatoms. The molecule has 2 N–H and O–H groups in total. The maximum absolute atomic E-state index is 12.8. The van der Waals surface area contributed by atoms with Crippen molar-refractivity contribution >= 4 is 23.6 Å². The van der Waals surface area contributed by atoms with Crippen molar-refractivity contribution in [3.8, 4) is 0 Å². The molecule has 9 nitrogen and oxygen atoms in total. The zero-order valence-electron chi connectivity index (χ0n) is 15.1. The summed E-state index contributed by atoms with van der Waals surface area (Å²) in [5, 5.41) is 3.38. The molecule has 28 heavy (non-hydrogen) atoms. The van der Waals surface area contributed by atoms with E-state index in [0.29, 0.717) is 23.6 Å². The van der Waals surface area contributed by atoms with Crippen LogP contribution >= 0.6 is 0 Å². The van der Waals surface area contributed by atoms with Gasteiger partial charge in [-0.25, -0.2) is 14.8 Å². The largest absolute Gasteiger partial charge is 0.344 e. The summed E-state index contributed by atoms with van der Waals surface area (Å²) in [7, 11) is 0. The molecule has 1 aliphatic heterocycles. The molecule has 2 aromatic heterocycles. The molecular weight excluding hydrogens is 360 g/mol. The summed E-state index contributed by atoms with van der Waals surface area (Å²) in [6.45, 7) is 1.65. The standard InChI is InChI=1S/C19H18N6O3/c1-19(9-8-13-6-3-2-4-7-13)16(27)25(18(28)22-19)23-15(26)14-12-24-11-5-10-20-17(24)21-14/h2-7,10-12H,8-9H2,1H3,(H,22,28)(H,23,26)/t19-/m0/s1. The smallest absolute Gasteiger partial charge is 0.322 e. The molecule has 4 rings (SSSR count). The number of urea groups is 1. The Hall–Kier alpha value is -3.75. The summed E-state index contributed by atoms with van der Waals surface area (Å²) < 4.78 is 1.57. The first-order valence-electron chi connectivity index (χ1n) is 8.78. The van der Waals surface area contributed by atoms with E-state index in [1.165, 1.54) is 6.20 Å². The van der Waals surface area contributed by atoms with Crippen LogP contribution in [-0.2, 0) is 11.2 Å². The third-order valence-corrected chi connectivity index (χ3v) is 4.70. The molecular formula is C19H18N6O3. The molecule has 1 aromatic carbocycles. The summed E-state index contributed by atoms with van der Waals surface area (Å²) in [5.41, 5.74) is 2.36. The van der Waals surface area contributed by atoms with Gasteiger partial charge in [-0.1, -0.05) is 30.3 Å². The molecule has 0 unspecified atom stereocenters. The number of hydrazine groups is 1. The van der Waals surface area contributed by atoms with E-state index in [4.69, 9.17) is 0 Å². The van der Waals surface area contributed by atoms with Crippen LogP contribution in [0.3, 0.4) is 0 Å². The number of imide groups is 1. The maximum Gasteiger partial charge on any atom is 0.344 e. The van der Waals surface area contributed by atoms with E-state index >= 15 is 0 Å². The number of nitrogens with zero attached hydrogens (tertiary/aromatic N) is 4. The van der Waals surface area contributed by atoms with Gasteiger partial charge in [0.05, 0.1) is 0 Å². The normalized spacial score (nSPS) is 19.1. The van der Waals surface area contributed by atoms with Crippen LogP contribution < -0.4 is 10.7 Å². The zero-order valence-corrected chi connectivity index (χ0v) is 15.1. The molecule has 1 aliphatic rings. The summed E-state index contributed by atoms with van der Waals surface area (Å²) >= 11 is 0. The minimum atomic E-state index is -1.10. The van der Waals surface area contributed by atoms with Gasteiger partial charge in [-0.15, -0.1) is 0 Å². The molecule has 0 saturated carbocycles. The molecule has 3 aromatic rings. The number of nitrogens with one attached hydrogen (secondary N) is 2. The number of fused-ring (bicyclic) bond motifs is 1. The fraction of sp³-hybridized carbons (Fsp3) is 0.211. The predicted octanol–water partition coefficient (Wildman–Crippen LogP) is 1.32. The number of aryl methyl sites for hydroxylation is 1. The van der Waals surface area contributed by atoms with Gasteiger partial charge in [-0.2, -0.15) is 5.01 Å². The van der Waals surface area contributed by atoms with E-state index in [1.54, 1.807) is 29.8 Å². The first kappa shape index (κ1) is 17.7. The van der Waals surface area contributed by atoms with Crippen molar-refractivity contribution in [3.63, 3.8) is 0 Å². The van der Waals surface area contributed by atoms with Crippen LogP contribution in [0, 0.1) is 0 Å². The molecule has 0 spiro atoms. The second kappa shape index (κ2) is 6.76. The monoisotopic (exact) mass is 378 g/mol. The van der Waals surface area contributed by atoms with Crippen LogP contribution in [0.2, 0.25) is 0 Å². The second-order valence-electron chi connectivity index (χ2n) is 6.78. The number of carbonyl (C=O) groups excluding carboxylic acids is 3. The fourth-order valence-corrected chi connectivity index (χ4v) is 3.09. The highest BCUT2D eigenvalue weighted by molar-refractivity contribution is 6.08. The lowest BCUT2D eigenvalue weighted by Gasteiger charge is -2.21. The van der Waals surface area contributed by atoms with Crippen molar-refractivity contribution in [3.05, 3.63) is 66.2 Å². The Morgan fingerprint density at radius 3 is 2.75 bits per heavy atom. The van der Waals surface area contributed by atoms with E-state index in [0.717, 1.165) is 5.56 Å². The van der Waals surface area contributed by atoms with Crippen molar-refractivity contribution in [1.29, 1.82) is 0 Å². The lowest BCUT2D eigenvalue weighted by Crippen LogP contribution is -2.49. The van der Waals surface area contributed by atoms with Crippen LogP contribution in [0.1, 0.15) is 29.4 Å². The SMILES string of the molecule is C[C@@]1(CCc2ccccc2)NC(=O)N(NC(=O)c2cn3cccnc3n2)C1=O. The third kappa shape index (κ3) is 3.18. The Labute approximate surface area is 160 Å². The molecule has 4 amide bonds. The average Bonchev–Trinajstić information content (AvgIpc) is 3.22. The predicted molar refractivity (Wildman–Crippen MR) is 99.0 cm³/mol. The number of carbonyl (C=O) groups is 3. The molecule has 1 fully saturated rings. The van der Waals surface area contributed by atoms with Crippen molar-refractivity contribution in [1.82, 2.24) is 30.1 Å². The third-order valence-electron chi connectivity index (χ3n) is 4.70. The number of imidazole rings is 1. The van der Waals surface area contributed by atoms with Gasteiger partial charge >= 0.3 is 6.03 Å². The van der Waals surface area contributed by atoms with E-state index < -0.39 is 23.4 Å².